The Bertz CT molecular complexity index is 410. The van der Waals surface area contributed by atoms with Crippen molar-refractivity contribution in [1.29, 1.82) is 0 Å². The molecule has 1 aromatic heterocycles. The number of rotatable bonds is 4. The maximum absolute atomic E-state index is 12.0. The third-order valence-corrected chi connectivity index (χ3v) is 2.76. The molecule has 4 nitrogen and oxygen atoms in total. The third kappa shape index (κ3) is 4.15. The van der Waals surface area contributed by atoms with Crippen molar-refractivity contribution in [2.24, 2.45) is 0 Å². The fourth-order valence-corrected chi connectivity index (χ4v) is 1.53. The van der Waals surface area contributed by atoms with E-state index in [1.165, 1.54) is 0 Å². The van der Waals surface area contributed by atoms with Crippen LogP contribution < -0.4 is 0 Å². The first-order chi connectivity index (χ1) is 7.91. The zero-order valence-corrected chi connectivity index (χ0v) is 11.6. The molecule has 0 unspecified atom stereocenters. The summed E-state index contributed by atoms with van der Waals surface area (Å²) in [7, 11) is 5.61. The maximum Gasteiger partial charge on any atom is 0.273 e. The number of hydrogen-bond acceptors (Lipinski definition) is 3. The van der Waals surface area contributed by atoms with Crippen LogP contribution in [0, 0.1) is 0 Å². The van der Waals surface area contributed by atoms with E-state index in [-0.39, 0.29) is 16.8 Å². The monoisotopic (exact) mass is 275 g/mol. The summed E-state index contributed by atoms with van der Waals surface area (Å²) in [6.07, 6.45) is 0. The minimum absolute atomic E-state index is 0.195. The zero-order valence-electron chi connectivity index (χ0n) is 10.1. The average Bonchev–Trinajstić information content (AvgIpc) is 2.28. The van der Waals surface area contributed by atoms with E-state index in [2.05, 4.69) is 4.98 Å². The number of amides is 1. The molecule has 0 saturated carbocycles. The molecular formula is C11H15Cl2N3O. The van der Waals surface area contributed by atoms with E-state index in [1.54, 1.807) is 24.1 Å². The number of halogens is 2. The summed E-state index contributed by atoms with van der Waals surface area (Å²) in [6, 6.07) is 3.13. The molecule has 17 heavy (non-hydrogen) atoms. The highest BCUT2D eigenvalue weighted by Crippen LogP contribution is 2.18. The van der Waals surface area contributed by atoms with Crippen LogP contribution in [-0.4, -0.2) is 54.9 Å². The Kier molecular flexibility index (Phi) is 5.18. The molecule has 0 N–H and O–H groups in total. The molecule has 0 aromatic carbocycles. The van der Waals surface area contributed by atoms with Crippen molar-refractivity contribution in [2.45, 2.75) is 0 Å². The lowest BCUT2D eigenvalue weighted by atomic mass is 10.3. The van der Waals surface area contributed by atoms with Gasteiger partial charge in [0.25, 0.3) is 5.91 Å². The number of carbonyl (C=O) groups is 1. The number of hydrogen-bond donors (Lipinski definition) is 0. The molecule has 1 amide bonds. The molecule has 0 aliphatic rings. The Morgan fingerprint density at radius 2 is 1.88 bits per heavy atom. The molecular weight excluding hydrogens is 261 g/mol. The second-order valence-corrected chi connectivity index (χ2v) is 4.79. The lowest BCUT2D eigenvalue weighted by Crippen LogP contribution is -2.34. The van der Waals surface area contributed by atoms with Gasteiger partial charge in [0.15, 0.2) is 0 Å². The highest BCUT2D eigenvalue weighted by molar-refractivity contribution is 6.34. The summed E-state index contributed by atoms with van der Waals surface area (Å²) in [6.45, 7) is 1.39. The fourth-order valence-electron chi connectivity index (χ4n) is 1.20. The van der Waals surface area contributed by atoms with E-state index in [9.17, 15) is 4.79 Å². The second-order valence-electron chi connectivity index (χ2n) is 3.99. The molecule has 0 aliphatic heterocycles. The van der Waals surface area contributed by atoms with Crippen LogP contribution in [0.25, 0.3) is 0 Å². The molecule has 0 atom stereocenters. The normalized spacial score (nSPS) is 10.7. The Balaban J connectivity index is 2.78. The van der Waals surface area contributed by atoms with E-state index >= 15 is 0 Å². The molecule has 0 aliphatic carbocycles. The minimum Gasteiger partial charge on any atom is -0.339 e. The van der Waals surface area contributed by atoms with Crippen LogP contribution >= 0.6 is 23.2 Å². The van der Waals surface area contributed by atoms with Gasteiger partial charge >= 0.3 is 0 Å². The van der Waals surface area contributed by atoms with E-state index in [1.807, 2.05) is 19.0 Å². The summed E-state index contributed by atoms with van der Waals surface area (Å²) >= 11 is 11.7. The standard InChI is InChI=1S/C11H15Cl2N3O/c1-15(2)6-7-16(3)11(17)10-8(12)4-5-9(13)14-10/h4-5H,6-7H2,1-3H3. The van der Waals surface area contributed by atoms with E-state index in [4.69, 9.17) is 23.2 Å². The zero-order chi connectivity index (χ0) is 13.0. The Morgan fingerprint density at radius 1 is 1.24 bits per heavy atom. The van der Waals surface area contributed by atoms with Crippen LogP contribution in [0.5, 0.6) is 0 Å². The largest absolute Gasteiger partial charge is 0.339 e. The maximum atomic E-state index is 12.0. The number of pyridine rings is 1. The van der Waals surface area contributed by atoms with Gasteiger partial charge in [-0.3, -0.25) is 4.79 Å². The summed E-state index contributed by atoms with van der Waals surface area (Å²) < 4.78 is 0. The van der Waals surface area contributed by atoms with E-state index < -0.39 is 0 Å². The summed E-state index contributed by atoms with van der Waals surface area (Å²) in [5.74, 6) is -0.223. The van der Waals surface area contributed by atoms with Crippen molar-refractivity contribution in [2.75, 3.05) is 34.2 Å². The Hall–Kier alpha value is -0.840. The van der Waals surface area contributed by atoms with Crippen molar-refractivity contribution >= 4 is 29.1 Å². The Labute approximate surface area is 111 Å². The molecule has 1 aromatic rings. The van der Waals surface area contributed by atoms with Crippen LogP contribution in [0.3, 0.4) is 0 Å². The predicted molar refractivity (Wildman–Crippen MR) is 69.8 cm³/mol. The van der Waals surface area contributed by atoms with Crippen molar-refractivity contribution in [3.05, 3.63) is 28.0 Å². The molecule has 1 rings (SSSR count). The van der Waals surface area contributed by atoms with Gasteiger partial charge in [-0.25, -0.2) is 4.98 Å². The van der Waals surface area contributed by atoms with Crippen molar-refractivity contribution in [3.63, 3.8) is 0 Å². The smallest absolute Gasteiger partial charge is 0.273 e. The van der Waals surface area contributed by atoms with Crippen molar-refractivity contribution in [1.82, 2.24) is 14.8 Å². The lowest BCUT2D eigenvalue weighted by Gasteiger charge is -2.19. The van der Waals surface area contributed by atoms with Gasteiger partial charge in [0, 0.05) is 20.1 Å². The average molecular weight is 276 g/mol. The molecule has 0 bridgehead atoms. The molecule has 6 heteroatoms. The predicted octanol–water partition coefficient (Wildman–Crippen LogP) is 2.02. The van der Waals surface area contributed by atoms with Crippen LogP contribution in [0.1, 0.15) is 10.5 Å². The Morgan fingerprint density at radius 3 is 2.47 bits per heavy atom. The first kappa shape index (κ1) is 14.2. The summed E-state index contributed by atoms with van der Waals surface area (Å²) in [5, 5.41) is 0.579. The highest BCUT2D eigenvalue weighted by atomic mass is 35.5. The van der Waals surface area contributed by atoms with Crippen LogP contribution in [0.15, 0.2) is 12.1 Å². The number of nitrogens with zero attached hydrogens (tertiary/aromatic N) is 3. The van der Waals surface area contributed by atoms with E-state index in [0.29, 0.717) is 11.6 Å². The van der Waals surface area contributed by atoms with Crippen LogP contribution in [0.2, 0.25) is 10.2 Å². The fraction of sp³-hybridized carbons (Fsp3) is 0.455. The van der Waals surface area contributed by atoms with E-state index in [0.717, 1.165) is 6.54 Å². The molecule has 1 heterocycles. The van der Waals surface area contributed by atoms with Gasteiger partial charge in [-0.2, -0.15) is 0 Å². The second kappa shape index (κ2) is 6.19. The SMILES string of the molecule is CN(C)CCN(C)C(=O)c1nc(Cl)ccc1Cl. The highest BCUT2D eigenvalue weighted by Gasteiger charge is 2.17. The topological polar surface area (TPSA) is 36.4 Å². The first-order valence-electron chi connectivity index (χ1n) is 5.14. The van der Waals surface area contributed by atoms with Gasteiger partial charge in [0.05, 0.1) is 5.02 Å². The third-order valence-electron chi connectivity index (χ3n) is 2.24. The van der Waals surface area contributed by atoms with Gasteiger partial charge < -0.3 is 9.80 Å². The number of aromatic nitrogens is 1. The molecule has 0 spiro atoms. The number of likely N-dealkylation sites (N-methyl/N-ethyl adjacent to an activating group) is 2. The van der Waals surface area contributed by atoms with Gasteiger partial charge in [0.1, 0.15) is 10.8 Å². The molecule has 0 saturated heterocycles. The van der Waals surface area contributed by atoms with Crippen molar-refractivity contribution < 1.29 is 4.79 Å². The van der Waals surface area contributed by atoms with Gasteiger partial charge in [-0.1, -0.05) is 23.2 Å². The number of carbonyl (C=O) groups excluding carboxylic acids is 1. The first-order valence-corrected chi connectivity index (χ1v) is 5.89. The summed E-state index contributed by atoms with van der Waals surface area (Å²) in [5.41, 5.74) is 0.195. The van der Waals surface area contributed by atoms with Gasteiger partial charge in [0.2, 0.25) is 0 Å². The summed E-state index contributed by atoms with van der Waals surface area (Å²) in [4.78, 5) is 19.6. The van der Waals surface area contributed by atoms with Gasteiger partial charge in [-0.15, -0.1) is 0 Å². The van der Waals surface area contributed by atoms with Crippen LogP contribution in [-0.2, 0) is 0 Å². The molecule has 0 fully saturated rings. The van der Waals surface area contributed by atoms with Crippen molar-refractivity contribution in [3.8, 4) is 0 Å². The minimum atomic E-state index is -0.223. The lowest BCUT2D eigenvalue weighted by molar-refractivity contribution is 0.0780. The quantitative estimate of drug-likeness (QED) is 0.789. The molecule has 0 radical (unpaired) electrons. The molecule has 94 valence electrons. The van der Waals surface area contributed by atoms with Gasteiger partial charge in [-0.05, 0) is 26.2 Å². The van der Waals surface area contributed by atoms with Crippen LogP contribution in [0.4, 0.5) is 0 Å².